The zero-order chi connectivity index (χ0) is 10.3. The third kappa shape index (κ3) is 1.63. The molecule has 3 rings (SSSR count). The van der Waals surface area contributed by atoms with Gasteiger partial charge in [-0.3, -0.25) is 9.69 Å². The molecule has 1 saturated heterocycles. The highest BCUT2D eigenvalue weighted by Crippen LogP contribution is 2.40. The fourth-order valence-electron chi connectivity index (χ4n) is 3.92. The van der Waals surface area contributed by atoms with Crippen molar-refractivity contribution < 1.29 is 4.79 Å². The van der Waals surface area contributed by atoms with Crippen molar-refractivity contribution in [2.45, 2.75) is 51.0 Å². The average Bonchev–Trinajstić information content (AvgIpc) is 2.70. The van der Waals surface area contributed by atoms with Gasteiger partial charge < -0.3 is 0 Å². The number of likely N-dealkylation sites (tertiary alicyclic amines) is 1. The van der Waals surface area contributed by atoms with Crippen LogP contribution in [-0.2, 0) is 4.79 Å². The molecular weight excluding hydrogens is 186 g/mol. The largest absolute Gasteiger partial charge is 0.300 e. The zero-order valence-corrected chi connectivity index (χ0v) is 9.45. The highest BCUT2D eigenvalue weighted by molar-refractivity contribution is 5.85. The van der Waals surface area contributed by atoms with Crippen molar-refractivity contribution in [3.63, 3.8) is 0 Å². The minimum absolute atomic E-state index is 0.413. The number of hydrogen-bond donors (Lipinski definition) is 0. The van der Waals surface area contributed by atoms with E-state index in [1.165, 1.54) is 58.0 Å². The van der Waals surface area contributed by atoms with Crippen LogP contribution in [0.3, 0.4) is 0 Å². The van der Waals surface area contributed by atoms with Gasteiger partial charge in [0.15, 0.2) is 0 Å². The summed E-state index contributed by atoms with van der Waals surface area (Å²) >= 11 is 0. The molecule has 3 atom stereocenters. The Bertz CT molecular complexity index is 257. The Morgan fingerprint density at radius 2 is 1.73 bits per heavy atom. The zero-order valence-electron chi connectivity index (χ0n) is 9.45. The van der Waals surface area contributed by atoms with Gasteiger partial charge in [-0.1, -0.05) is 6.42 Å². The highest BCUT2D eigenvalue weighted by Gasteiger charge is 2.42. The molecule has 0 aromatic heterocycles. The Labute approximate surface area is 92.0 Å². The van der Waals surface area contributed by atoms with E-state index in [-0.39, 0.29) is 0 Å². The van der Waals surface area contributed by atoms with Crippen LogP contribution in [0.15, 0.2) is 0 Å². The number of carbonyl (C=O) groups excluding carboxylic acids is 1. The monoisotopic (exact) mass is 207 g/mol. The van der Waals surface area contributed by atoms with E-state index in [0.29, 0.717) is 23.7 Å². The summed E-state index contributed by atoms with van der Waals surface area (Å²) in [6, 6.07) is 0.622. The molecule has 2 nitrogen and oxygen atoms in total. The summed E-state index contributed by atoms with van der Waals surface area (Å²) in [5, 5.41) is 0. The van der Waals surface area contributed by atoms with E-state index in [4.69, 9.17) is 0 Å². The quantitative estimate of drug-likeness (QED) is 0.657. The van der Waals surface area contributed by atoms with E-state index in [1.807, 2.05) is 0 Å². The van der Waals surface area contributed by atoms with Gasteiger partial charge in [-0.05, 0) is 51.6 Å². The highest BCUT2D eigenvalue weighted by atomic mass is 16.1. The topological polar surface area (TPSA) is 20.3 Å². The summed E-state index contributed by atoms with van der Waals surface area (Å²) in [4.78, 5) is 14.7. The summed E-state index contributed by atoms with van der Waals surface area (Å²) in [6.07, 6.45) is 8.82. The molecule has 2 heteroatoms. The normalized spacial score (nSPS) is 42.1. The Hall–Kier alpha value is -0.370. The second kappa shape index (κ2) is 3.89. The van der Waals surface area contributed by atoms with E-state index in [9.17, 15) is 4.79 Å². The third-order valence-electron chi connectivity index (χ3n) is 4.72. The van der Waals surface area contributed by atoms with Crippen LogP contribution in [0.5, 0.6) is 0 Å². The minimum atomic E-state index is 0.413. The van der Waals surface area contributed by atoms with Crippen LogP contribution in [0.2, 0.25) is 0 Å². The summed E-state index contributed by atoms with van der Waals surface area (Å²) < 4.78 is 0. The lowest BCUT2D eigenvalue weighted by atomic mass is 9.68. The summed E-state index contributed by atoms with van der Waals surface area (Å²) in [5.41, 5.74) is 0. The maximum absolute atomic E-state index is 12.1. The summed E-state index contributed by atoms with van der Waals surface area (Å²) in [5.74, 6) is 1.47. The molecular formula is C13H21NO. The van der Waals surface area contributed by atoms with E-state index < -0.39 is 0 Å². The molecule has 0 aromatic rings. The van der Waals surface area contributed by atoms with Gasteiger partial charge in [-0.2, -0.15) is 0 Å². The van der Waals surface area contributed by atoms with E-state index in [2.05, 4.69) is 4.90 Å². The lowest BCUT2D eigenvalue weighted by Crippen LogP contribution is -2.49. The molecule has 0 N–H and O–H groups in total. The van der Waals surface area contributed by atoms with Crippen molar-refractivity contribution in [3.05, 3.63) is 0 Å². The molecule has 0 aromatic carbocycles. The van der Waals surface area contributed by atoms with Gasteiger partial charge in [0.05, 0.1) is 0 Å². The average molecular weight is 207 g/mol. The molecule has 2 saturated carbocycles. The first-order valence-electron chi connectivity index (χ1n) is 6.64. The molecule has 0 spiro atoms. The second-order valence-electron chi connectivity index (χ2n) is 5.52. The first-order chi connectivity index (χ1) is 7.36. The lowest BCUT2D eigenvalue weighted by molar-refractivity contribution is -0.135. The molecule has 1 heterocycles. The predicted octanol–water partition coefficient (Wildman–Crippen LogP) is 2.23. The number of ketones is 1. The molecule has 84 valence electrons. The molecule has 15 heavy (non-hydrogen) atoms. The van der Waals surface area contributed by atoms with Crippen LogP contribution in [0.25, 0.3) is 0 Å². The SMILES string of the molecule is O=C1[C@@H]2CCC[C@@H]1[C@@H](N1CCCC1)CC2. The molecule has 0 radical (unpaired) electrons. The number of carbonyl (C=O) groups is 1. The van der Waals surface area contributed by atoms with Crippen LogP contribution >= 0.6 is 0 Å². The van der Waals surface area contributed by atoms with Crippen LogP contribution < -0.4 is 0 Å². The molecule has 1 aliphatic heterocycles. The second-order valence-corrected chi connectivity index (χ2v) is 5.52. The smallest absolute Gasteiger partial charge is 0.140 e. The fourth-order valence-corrected chi connectivity index (χ4v) is 3.92. The van der Waals surface area contributed by atoms with Crippen LogP contribution in [0, 0.1) is 11.8 Å². The van der Waals surface area contributed by atoms with Gasteiger partial charge in [-0.25, -0.2) is 0 Å². The Balaban J connectivity index is 1.75. The number of rotatable bonds is 1. The fraction of sp³-hybridized carbons (Fsp3) is 0.923. The van der Waals surface area contributed by atoms with Gasteiger partial charge in [0.2, 0.25) is 0 Å². The van der Waals surface area contributed by atoms with Crippen molar-refractivity contribution in [1.29, 1.82) is 0 Å². The molecule has 0 amide bonds. The first-order valence-corrected chi connectivity index (χ1v) is 6.64. The Morgan fingerprint density at radius 1 is 0.933 bits per heavy atom. The Morgan fingerprint density at radius 3 is 2.53 bits per heavy atom. The van der Waals surface area contributed by atoms with Crippen LogP contribution in [-0.4, -0.2) is 29.8 Å². The molecule has 2 bridgehead atoms. The molecule has 3 fully saturated rings. The van der Waals surface area contributed by atoms with Crippen LogP contribution in [0.4, 0.5) is 0 Å². The predicted molar refractivity (Wildman–Crippen MR) is 59.7 cm³/mol. The van der Waals surface area contributed by atoms with Crippen molar-refractivity contribution >= 4 is 5.78 Å². The first kappa shape index (κ1) is 9.83. The number of Topliss-reactive ketones (excluding diaryl/α,β-unsaturated/α-hetero) is 1. The summed E-state index contributed by atoms with van der Waals surface area (Å²) in [6.45, 7) is 2.50. The van der Waals surface area contributed by atoms with E-state index >= 15 is 0 Å². The van der Waals surface area contributed by atoms with E-state index in [1.54, 1.807) is 0 Å². The standard InChI is InChI=1S/C13H21NO/c15-13-10-4-3-5-11(13)12(7-6-10)14-8-1-2-9-14/h10-12H,1-9H2/t10-,11-,12+/m1/s1. The van der Waals surface area contributed by atoms with Gasteiger partial charge in [-0.15, -0.1) is 0 Å². The number of fused-ring (bicyclic) bond motifs is 2. The van der Waals surface area contributed by atoms with Gasteiger partial charge in [0, 0.05) is 17.9 Å². The number of hydrogen-bond acceptors (Lipinski definition) is 2. The molecule has 2 aliphatic carbocycles. The van der Waals surface area contributed by atoms with Gasteiger partial charge in [0.25, 0.3) is 0 Å². The van der Waals surface area contributed by atoms with Crippen molar-refractivity contribution in [3.8, 4) is 0 Å². The minimum Gasteiger partial charge on any atom is -0.300 e. The van der Waals surface area contributed by atoms with Gasteiger partial charge in [0.1, 0.15) is 5.78 Å². The maximum atomic E-state index is 12.1. The Kier molecular flexibility index (Phi) is 2.55. The van der Waals surface area contributed by atoms with Crippen molar-refractivity contribution in [2.75, 3.05) is 13.1 Å². The maximum Gasteiger partial charge on any atom is 0.140 e. The van der Waals surface area contributed by atoms with Crippen molar-refractivity contribution in [2.24, 2.45) is 11.8 Å². The molecule has 3 aliphatic rings. The van der Waals surface area contributed by atoms with E-state index in [0.717, 1.165) is 0 Å². The third-order valence-corrected chi connectivity index (χ3v) is 4.72. The number of nitrogens with zero attached hydrogens (tertiary/aromatic N) is 1. The van der Waals surface area contributed by atoms with Crippen molar-refractivity contribution in [1.82, 2.24) is 4.90 Å². The molecule has 0 unspecified atom stereocenters. The van der Waals surface area contributed by atoms with Crippen LogP contribution in [0.1, 0.15) is 44.9 Å². The summed E-state index contributed by atoms with van der Waals surface area (Å²) in [7, 11) is 0. The lowest BCUT2D eigenvalue weighted by Gasteiger charge is -2.42. The van der Waals surface area contributed by atoms with Gasteiger partial charge >= 0.3 is 0 Å².